The highest BCUT2D eigenvalue weighted by molar-refractivity contribution is 4.85. The molecular formula is C10H17N3O. The average molecular weight is 195 g/mol. The van der Waals surface area contributed by atoms with E-state index >= 15 is 0 Å². The Bertz CT molecular complexity index is 276. The molecule has 0 aromatic carbocycles. The van der Waals surface area contributed by atoms with Crippen LogP contribution >= 0.6 is 0 Å². The summed E-state index contributed by atoms with van der Waals surface area (Å²) in [5, 5.41) is 17.8. The number of hydrogen-bond acceptors (Lipinski definition) is 3. The Hall–Kier alpha value is -0.900. The van der Waals surface area contributed by atoms with Gasteiger partial charge in [-0.1, -0.05) is 6.92 Å². The first-order valence-corrected chi connectivity index (χ1v) is 5.23. The van der Waals surface area contributed by atoms with Crippen molar-refractivity contribution < 1.29 is 5.11 Å². The van der Waals surface area contributed by atoms with E-state index in [9.17, 15) is 5.11 Å². The fraction of sp³-hybridized carbons (Fsp3) is 0.800. The van der Waals surface area contributed by atoms with Gasteiger partial charge in [-0.15, -0.1) is 10.2 Å². The minimum Gasteiger partial charge on any atom is -0.388 e. The number of aromatic nitrogens is 3. The lowest BCUT2D eigenvalue weighted by molar-refractivity contribution is -0.0218. The Labute approximate surface area is 84.0 Å². The summed E-state index contributed by atoms with van der Waals surface area (Å²) in [6.07, 6.45) is 7.36. The van der Waals surface area contributed by atoms with Crippen LogP contribution in [0.3, 0.4) is 0 Å². The van der Waals surface area contributed by atoms with Crippen LogP contribution in [0.2, 0.25) is 0 Å². The van der Waals surface area contributed by atoms with E-state index in [1.807, 2.05) is 4.57 Å². The van der Waals surface area contributed by atoms with Crippen LogP contribution in [0, 0.1) is 5.92 Å². The molecule has 1 aliphatic carbocycles. The van der Waals surface area contributed by atoms with Gasteiger partial charge < -0.3 is 9.67 Å². The van der Waals surface area contributed by atoms with Crippen molar-refractivity contribution in [2.24, 2.45) is 5.92 Å². The lowest BCUT2D eigenvalue weighted by Crippen LogP contribution is -2.37. The van der Waals surface area contributed by atoms with E-state index < -0.39 is 5.60 Å². The smallest absolute Gasteiger partial charge is 0.119 e. The standard InChI is InChI=1S/C10H17N3O/c1-9-2-4-10(14,5-3-9)6-13-7-11-12-8-13/h7-9,14H,2-6H2,1H3. The van der Waals surface area contributed by atoms with Crippen LogP contribution in [0.1, 0.15) is 32.6 Å². The van der Waals surface area contributed by atoms with Crippen LogP contribution in [-0.2, 0) is 6.54 Å². The molecule has 1 heterocycles. The van der Waals surface area contributed by atoms with Gasteiger partial charge in [0.15, 0.2) is 0 Å². The molecule has 0 atom stereocenters. The second kappa shape index (κ2) is 3.69. The van der Waals surface area contributed by atoms with Crippen LogP contribution in [0.4, 0.5) is 0 Å². The first kappa shape index (κ1) is 9.65. The molecular weight excluding hydrogens is 178 g/mol. The highest BCUT2D eigenvalue weighted by Gasteiger charge is 2.31. The number of nitrogens with zero attached hydrogens (tertiary/aromatic N) is 3. The highest BCUT2D eigenvalue weighted by atomic mass is 16.3. The maximum Gasteiger partial charge on any atom is 0.119 e. The van der Waals surface area contributed by atoms with Crippen LogP contribution in [0.5, 0.6) is 0 Å². The third kappa shape index (κ3) is 2.12. The molecule has 0 spiro atoms. The van der Waals surface area contributed by atoms with Gasteiger partial charge in [-0.05, 0) is 31.6 Å². The third-order valence-electron chi connectivity index (χ3n) is 3.15. The van der Waals surface area contributed by atoms with Crippen molar-refractivity contribution in [2.75, 3.05) is 0 Å². The SMILES string of the molecule is CC1CCC(O)(Cn2cnnc2)CC1. The Morgan fingerprint density at radius 2 is 1.93 bits per heavy atom. The summed E-state index contributed by atoms with van der Waals surface area (Å²) in [5.41, 5.74) is -0.533. The third-order valence-corrected chi connectivity index (χ3v) is 3.15. The Balaban J connectivity index is 1.96. The van der Waals surface area contributed by atoms with Crippen LogP contribution in [0.25, 0.3) is 0 Å². The summed E-state index contributed by atoms with van der Waals surface area (Å²) < 4.78 is 1.86. The van der Waals surface area contributed by atoms with Crippen molar-refractivity contribution in [3.63, 3.8) is 0 Å². The lowest BCUT2D eigenvalue weighted by atomic mass is 9.79. The summed E-state index contributed by atoms with van der Waals surface area (Å²) in [7, 11) is 0. The Morgan fingerprint density at radius 3 is 2.50 bits per heavy atom. The quantitative estimate of drug-likeness (QED) is 0.772. The van der Waals surface area contributed by atoms with Gasteiger partial charge in [0.1, 0.15) is 12.7 Å². The van der Waals surface area contributed by atoms with Crippen LogP contribution < -0.4 is 0 Å². The predicted octanol–water partition coefficient (Wildman–Crippen LogP) is 1.22. The average Bonchev–Trinajstić information content (AvgIpc) is 2.63. The van der Waals surface area contributed by atoms with E-state index in [1.165, 1.54) is 0 Å². The van der Waals surface area contributed by atoms with Gasteiger partial charge in [0.05, 0.1) is 12.1 Å². The second-order valence-corrected chi connectivity index (χ2v) is 4.54. The van der Waals surface area contributed by atoms with E-state index in [0.29, 0.717) is 6.54 Å². The van der Waals surface area contributed by atoms with Crippen LogP contribution in [-0.4, -0.2) is 25.5 Å². The van der Waals surface area contributed by atoms with Gasteiger partial charge >= 0.3 is 0 Å². The van der Waals surface area contributed by atoms with Gasteiger partial charge in [-0.2, -0.15) is 0 Å². The minimum absolute atomic E-state index is 0.533. The maximum atomic E-state index is 10.3. The minimum atomic E-state index is -0.533. The van der Waals surface area contributed by atoms with Crippen LogP contribution in [0.15, 0.2) is 12.7 Å². The molecule has 4 nitrogen and oxygen atoms in total. The molecule has 4 heteroatoms. The van der Waals surface area contributed by atoms with Crippen molar-refractivity contribution in [3.05, 3.63) is 12.7 Å². The zero-order valence-electron chi connectivity index (χ0n) is 8.56. The maximum absolute atomic E-state index is 10.3. The Morgan fingerprint density at radius 1 is 1.36 bits per heavy atom. The molecule has 1 aliphatic rings. The first-order chi connectivity index (χ1) is 6.68. The predicted molar refractivity (Wildman–Crippen MR) is 52.6 cm³/mol. The topological polar surface area (TPSA) is 50.9 Å². The molecule has 0 aliphatic heterocycles. The normalized spacial score (nSPS) is 33.1. The van der Waals surface area contributed by atoms with Gasteiger partial charge in [0.25, 0.3) is 0 Å². The van der Waals surface area contributed by atoms with Crippen molar-refractivity contribution in [1.29, 1.82) is 0 Å². The molecule has 0 amide bonds. The van der Waals surface area contributed by atoms with Gasteiger partial charge in [0.2, 0.25) is 0 Å². The molecule has 1 aromatic rings. The number of hydrogen-bond donors (Lipinski definition) is 1. The molecule has 1 N–H and O–H groups in total. The van der Waals surface area contributed by atoms with Gasteiger partial charge in [-0.3, -0.25) is 0 Å². The number of rotatable bonds is 2. The molecule has 1 fully saturated rings. The van der Waals surface area contributed by atoms with Crippen molar-refractivity contribution >= 4 is 0 Å². The van der Waals surface area contributed by atoms with E-state index in [2.05, 4.69) is 17.1 Å². The molecule has 0 unspecified atom stereocenters. The summed E-state index contributed by atoms with van der Waals surface area (Å²) in [5.74, 6) is 0.760. The lowest BCUT2D eigenvalue weighted by Gasteiger charge is -2.34. The van der Waals surface area contributed by atoms with E-state index in [1.54, 1.807) is 12.7 Å². The zero-order valence-corrected chi connectivity index (χ0v) is 8.56. The fourth-order valence-electron chi connectivity index (χ4n) is 2.10. The van der Waals surface area contributed by atoms with Crippen molar-refractivity contribution in [1.82, 2.24) is 14.8 Å². The van der Waals surface area contributed by atoms with Crippen molar-refractivity contribution in [2.45, 2.75) is 44.8 Å². The summed E-state index contributed by atoms with van der Waals surface area (Å²) in [6.45, 7) is 2.88. The first-order valence-electron chi connectivity index (χ1n) is 5.23. The molecule has 1 saturated carbocycles. The largest absolute Gasteiger partial charge is 0.388 e. The number of aliphatic hydroxyl groups is 1. The molecule has 14 heavy (non-hydrogen) atoms. The van der Waals surface area contributed by atoms with Crippen molar-refractivity contribution in [3.8, 4) is 0 Å². The highest BCUT2D eigenvalue weighted by Crippen LogP contribution is 2.32. The zero-order chi connectivity index (χ0) is 10.0. The van der Waals surface area contributed by atoms with E-state index in [0.717, 1.165) is 31.6 Å². The Kier molecular flexibility index (Phi) is 2.54. The monoisotopic (exact) mass is 195 g/mol. The van der Waals surface area contributed by atoms with E-state index in [-0.39, 0.29) is 0 Å². The molecule has 0 radical (unpaired) electrons. The molecule has 0 bridgehead atoms. The summed E-state index contributed by atoms with van der Waals surface area (Å²) in [4.78, 5) is 0. The van der Waals surface area contributed by atoms with E-state index in [4.69, 9.17) is 0 Å². The fourth-order valence-corrected chi connectivity index (χ4v) is 2.10. The second-order valence-electron chi connectivity index (χ2n) is 4.54. The molecule has 0 saturated heterocycles. The molecule has 78 valence electrons. The van der Waals surface area contributed by atoms with Gasteiger partial charge in [-0.25, -0.2) is 0 Å². The van der Waals surface area contributed by atoms with Gasteiger partial charge in [0, 0.05) is 0 Å². The summed E-state index contributed by atoms with van der Waals surface area (Å²) >= 11 is 0. The molecule has 2 rings (SSSR count). The summed E-state index contributed by atoms with van der Waals surface area (Å²) in [6, 6.07) is 0. The molecule has 1 aromatic heterocycles.